The van der Waals surface area contributed by atoms with E-state index in [1.165, 1.54) is 12.1 Å². The molecule has 0 aromatic heterocycles. The van der Waals surface area contributed by atoms with Crippen LogP contribution in [0.3, 0.4) is 0 Å². The van der Waals surface area contributed by atoms with Crippen molar-refractivity contribution in [1.29, 1.82) is 0 Å². The molecule has 0 bridgehead atoms. The molecule has 1 aliphatic heterocycles. The quantitative estimate of drug-likeness (QED) is 0.831. The zero-order chi connectivity index (χ0) is 14.5. The van der Waals surface area contributed by atoms with Gasteiger partial charge in [0, 0.05) is 31.1 Å². The first-order valence-corrected chi connectivity index (χ1v) is 6.85. The number of ketones is 1. The van der Waals surface area contributed by atoms with E-state index in [1.54, 1.807) is 12.1 Å². The highest BCUT2D eigenvalue weighted by molar-refractivity contribution is 5.96. The smallest absolute Gasteiger partial charge is 0.164 e. The Morgan fingerprint density at radius 2 is 2.35 bits per heavy atom. The van der Waals surface area contributed by atoms with Crippen molar-refractivity contribution in [2.75, 3.05) is 26.3 Å². The minimum absolute atomic E-state index is 0.0128. The lowest BCUT2D eigenvalue weighted by Gasteiger charge is -2.37. The molecule has 1 N–H and O–H groups in total. The highest BCUT2D eigenvalue weighted by Crippen LogP contribution is 2.13. The van der Waals surface area contributed by atoms with Crippen LogP contribution >= 0.6 is 0 Å². The van der Waals surface area contributed by atoms with Crippen molar-refractivity contribution < 1.29 is 19.0 Å². The van der Waals surface area contributed by atoms with Gasteiger partial charge in [0.15, 0.2) is 5.78 Å². The summed E-state index contributed by atoms with van der Waals surface area (Å²) in [5, 5.41) is 9.12. The van der Waals surface area contributed by atoms with Gasteiger partial charge in [0.05, 0.1) is 19.3 Å². The van der Waals surface area contributed by atoms with E-state index in [4.69, 9.17) is 9.84 Å². The number of morpholine rings is 1. The number of rotatable bonds is 5. The summed E-state index contributed by atoms with van der Waals surface area (Å²) in [5.41, 5.74) is 0.407. The number of hydrogen-bond acceptors (Lipinski definition) is 4. The maximum absolute atomic E-state index is 13.1. The van der Waals surface area contributed by atoms with E-state index in [1.807, 2.05) is 6.92 Å². The molecule has 0 saturated carbocycles. The number of carbonyl (C=O) groups excluding carboxylic acids is 1. The molecule has 4 nitrogen and oxygen atoms in total. The van der Waals surface area contributed by atoms with Crippen LogP contribution in [0.2, 0.25) is 0 Å². The van der Waals surface area contributed by atoms with Crippen LogP contribution in [0.15, 0.2) is 24.3 Å². The summed E-state index contributed by atoms with van der Waals surface area (Å²) in [6.07, 6.45) is 0.154. The van der Waals surface area contributed by atoms with E-state index in [9.17, 15) is 9.18 Å². The Morgan fingerprint density at radius 3 is 3.05 bits per heavy atom. The summed E-state index contributed by atoms with van der Waals surface area (Å²) < 4.78 is 18.5. The van der Waals surface area contributed by atoms with Crippen molar-refractivity contribution in [1.82, 2.24) is 4.90 Å². The van der Waals surface area contributed by atoms with E-state index in [0.717, 1.165) is 0 Å². The third kappa shape index (κ3) is 3.85. The third-order valence-electron chi connectivity index (χ3n) is 3.61. The van der Waals surface area contributed by atoms with Gasteiger partial charge in [0.25, 0.3) is 0 Å². The van der Waals surface area contributed by atoms with E-state index in [-0.39, 0.29) is 24.5 Å². The first kappa shape index (κ1) is 15.1. The summed E-state index contributed by atoms with van der Waals surface area (Å²) >= 11 is 0. The Bertz CT molecular complexity index is 466. The van der Waals surface area contributed by atoms with E-state index < -0.39 is 5.82 Å². The molecule has 1 aromatic rings. The largest absolute Gasteiger partial charge is 0.394 e. The van der Waals surface area contributed by atoms with Gasteiger partial charge in [0.2, 0.25) is 0 Å². The van der Waals surface area contributed by atoms with Crippen molar-refractivity contribution in [2.24, 2.45) is 0 Å². The first-order valence-electron chi connectivity index (χ1n) is 6.85. The fourth-order valence-corrected chi connectivity index (χ4v) is 2.35. The first-order chi connectivity index (χ1) is 9.60. The Balaban J connectivity index is 1.89. The van der Waals surface area contributed by atoms with Crippen molar-refractivity contribution in [3.8, 4) is 0 Å². The standard InChI is InChI=1S/C15H20FNO3/c1-11-10-20-14(9-18)8-17(11)6-5-15(19)12-3-2-4-13(16)7-12/h2-4,7,11,14,18H,5-6,8-10H2,1H3. The lowest BCUT2D eigenvalue weighted by atomic mass is 10.1. The van der Waals surface area contributed by atoms with Crippen molar-refractivity contribution >= 4 is 5.78 Å². The maximum atomic E-state index is 13.1. The predicted molar refractivity (Wildman–Crippen MR) is 73.2 cm³/mol. The summed E-state index contributed by atoms with van der Waals surface area (Å²) in [7, 11) is 0. The van der Waals surface area contributed by atoms with Crippen LogP contribution in [0.4, 0.5) is 4.39 Å². The van der Waals surface area contributed by atoms with Gasteiger partial charge in [-0.1, -0.05) is 12.1 Å². The zero-order valence-corrected chi connectivity index (χ0v) is 11.6. The Labute approximate surface area is 118 Å². The Morgan fingerprint density at radius 1 is 1.55 bits per heavy atom. The van der Waals surface area contributed by atoms with Crippen LogP contribution in [0.5, 0.6) is 0 Å². The topological polar surface area (TPSA) is 49.8 Å². The summed E-state index contributed by atoms with van der Waals surface area (Å²) in [5.74, 6) is -0.459. The lowest BCUT2D eigenvalue weighted by molar-refractivity contribution is -0.0772. The Hall–Kier alpha value is -1.30. The minimum Gasteiger partial charge on any atom is -0.394 e. The van der Waals surface area contributed by atoms with E-state index in [2.05, 4.69) is 4.90 Å². The number of carbonyl (C=O) groups is 1. The van der Waals surface area contributed by atoms with Crippen molar-refractivity contribution in [3.63, 3.8) is 0 Å². The van der Waals surface area contributed by atoms with Crippen LogP contribution in [0, 0.1) is 5.82 Å². The van der Waals surface area contributed by atoms with Crippen LogP contribution in [-0.2, 0) is 4.74 Å². The fourth-order valence-electron chi connectivity index (χ4n) is 2.35. The summed E-state index contributed by atoms with van der Waals surface area (Å²) in [4.78, 5) is 14.1. The molecule has 20 heavy (non-hydrogen) atoms. The third-order valence-corrected chi connectivity index (χ3v) is 3.61. The molecule has 5 heteroatoms. The fraction of sp³-hybridized carbons (Fsp3) is 0.533. The average molecular weight is 281 g/mol. The van der Waals surface area contributed by atoms with Gasteiger partial charge in [-0.15, -0.1) is 0 Å². The van der Waals surface area contributed by atoms with E-state index >= 15 is 0 Å². The van der Waals surface area contributed by atoms with Gasteiger partial charge in [-0.05, 0) is 19.1 Å². The molecule has 1 aromatic carbocycles. The predicted octanol–water partition coefficient (Wildman–Crippen LogP) is 1.48. The normalized spacial score (nSPS) is 23.8. The SMILES string of the molecule is CC1COC(CO)CN1CCC(=O)c1cccc(F)c1. The van der Waals surface area contributed by atoms with Gasteiger partial charge < -0.3 is 9.84 Å². The Kier molecular flexibility index (Phi) is 5.23. The highest BCUT2D eigenvalue weighted by Gasteiger charge is 2.25. The molecule has 2 unspecified atom stereocenters. The van der Waals surface area contributed by atoms with Gasteiger partial charge in [-0.2, -0.15) is 0 Å². The molecule has 1 saturated heterocycles. The van der Waals surface area contributed by atoms with Crippen molar-refractivity contribution in [3.05, 3.63) is 35.6 Å². The zero-order valence-electron chi connectivity index (χ0n) is 11.6. The van der Waals surface area contributed by atoms with Crippen LogP contribution in [0.1, 0.15) is 23.7 Å². The molecule has 1 fully saturated rings. The molecular weight excluding hydrogens is 261 g/mol. The molecule has 110 valence electrons. The number of Topliss-reactive ketones (excluding diaryl/α,β-unsaturated/α-hetero) is 1. The number of halogens is 1. The van der Waals surface area contributed by atoms with Crippen LogP contribution in [-0.4, -0.2) is 54.2 Å². The monoisotopic (exact) mass is 281 g/mol. The molecule has 0 radical (unpaired) electrons. The summed E-state index contributed by atoms with van der Waals surface area (Å²) in [6.45, 7) is 3.78. The highest BCUT2D eigenvalue weighted by atomic mass is 19.1. The summed E-state index contributed by atoms with van der Waals surface area (Å²) in [6, 6.07) is 5.99. The second-order valence-corrected chi connectivity index (χ2v) is 5.17. The molecular formula is C15H20FNO3. The molecule has 0 aliphatic carbocycles. The van der Waals surface area contributed by atoms with Crippen LogP contribution in [0.25, 0.3) is 0 Å². The number of ether oxygens (including phenoxy) is 1. The molecule has 1 aliphatic rings. The number of nitrogens with zero attached hydrogens (tertiary/aromatic N) is 1. The minimum atomic E-state index is -0.393. The van der Waals surface area contributed by atoms with Crippen LogP contribution < -0.4 is 0 Å². The molecule has 0 spiro atoms. The second kappa shape index (κ2) is 6.92. The average Bonchev–Trinajstić information content (AvgIpc) is 2.46. The van der Waals surface area contributed by atoms with Gasteiger partial charge >= 0.3 is 0 Å². The molecule has 2 atom stereocenters. The number of benzene rings is 1. The second-order valence-electron chi connectivity index (χ2n) is 5.17. The molecule has 0 amide bonds. The number of aliphatic hydroxyl groups excluding tert-OH is 1. The lowest BCUT2D eigenvalue weighted by Crippen LogP contribution is -2.49. The van der Waals surface area contributed by atoms with Gasteiger partial charge in [-0.25, -0.2) is 4.39 Å². The number of aliphatic hydroxyl groups is 1. The van der Waals surface area contributed by atoms with E-state index in [0.29, 0.717) is 31.7 Å². The number of hydrogen-bond donors (Lipinski definition) is 1. The molecule has 2 rings (SSSR count). The van der Waals surface area contributed by atoms with Crippen molar-refractivity contribution in [2.45, 2.75) is 25.5 Å². The maximum Gasteiger partial charge on any atom is 0.164 e. The van der Waals surface area contributed by atoms with Gasteiger partial charge in [-0.3, -0.25) is 9.69 Å². The molecule has 1 heterocycles. The van der Waals surface area contributed by atoms with Gasteiger partial charge in [0.1, 0.15) is 5.82 Å².